The van der Waals surface area contributed by atoms with Crippen molar-refractivity contribution >= 4 is 5.91 Å². The number of carbonyl (C=O) groups is 1. The second kappa shape index (κ2) is 8.04. The fourth-order valence-electron chi connectivity index (χ4n) is 3.17. The maximum absolute atomic E-state index is 12.4. The molecule has 0 aliphatic carbocycles. The molecule has 1 atom stereocenters. The van der Waals surface area contributed by atoms with Gasteiger partial charge in [0, 0.05) is 6.54 Å². The van der Waals surface area contributed by atoms with Crippen LogP contribution in [-0.4, -0.2) is 54.2 Å². The average molecular weight is 367 g/mol. The zero-order valence-electron chi connectivity index (χ0n) is 14.8. The zero-order chi connectivity index (χ0) is 18.5. The molecule has 3 aromatic rings. The second-order valence-corrected chi connectivity index (χ2v) is 6.56. The van der Waals surface area contributed by atoms with Crippen molar-refractivity contribution in [2.24, 2.45) is 5.92 Å². The van der Waals surface area contributed by atoms with Gasteiger partial charge in [0.1, 0.15) is 0 Å². The summed E-state index contributed by atoms with van der Waals surface area (Å²) in [6, 6.07) is 9.52. The summed E-state index contributed by atoms with van der Waals surface area (Å²) in [6.07, 6.45) is 4.02. The predicted octanol–water partition coefficient (Wildman–Crippen LogP) is 0.183. The third-order valence-electron chi connectivity index (χ3n) is 4.56. The molecule has 27 heavy (non-hydrogen) atoms. The van der Waals surface area contributed by atoms with Crippen LogP contribution >= 0.6 is 0 Å². The lowest BCUT2D eigenvalue weighted by Gasteiger charge is -2.22. The Morgan fingerprint density at radius 1 is 1.22 bits per heavy atom. The lowest BCUT2D eigenvalue weighted by molar-refractivity contribution is 0.0944. The van der Waals surface area contributed by atoms with E-state index in [4.69, 9.17) is 0 Å². The lowest BCUT2D eigenvalue weighted by atomic mass is 10.00. The summed E-state index contributed by atoms with van der Waals surface area (Å²) < 4.78 is 3.33. The van der Waals surface area contributed by atoms with Crippen LogP contribution in [0.5, 0.6) is 0 Å². The van der Waals surface area contributed by atoms with Crippen molar-refractivity contribution in [3.8, 4) is 5.69 Å². The van der Waals surface area contributed by atoms with E-state index in [-0.39, 0.29) is 18.1 Å². The molecule has 1 saturated heterocycles. The quantitative estimate of drug-likeness (QED) is 0.639. The first-order chi connectivity index (χ1) is 13.3. The molecule has 0 unspecified atom stereocenters. The second-order valence-electron chi connectivity index (χ2n) is 6.56. The molecule has 4 rings (SSSR count). The van der Waals surface area contributed by atoms with Gasteiger partial charge in [0.05, 0.1) is 18.4 Å². The topological polar surface area (TPSA) is 115 Å². The predicted molar refractivity (Wildman–Crippen MR) is 95.9 cm³/mol. The van der Waals surface area contributed by atoms with Crippen molar-refractivity contribution in [2.75, 3.05) is 13.1 Å². The summed E-state index contributed by atoms with van der Waals surface area (Å²) in [7, 11) is 0. The molecule has 1 aliphatic heterocycles. The van der Waals surface area contributed by atoms with Gasteiger partial charge in [0.15, 0.2) is 11.5 Å². The van der Waals surface area contributed by atoms with Gasteiger partial charge in [-0.1, -0.05) is 23.4 Å². The van der Waals surface area contributed by atoms with Crippen molar-refractivity contribution in [3.05, 3.63) is 48.0 Å². The molecule has 0 radical (unpaired) electrons. The molecule has 0 spiro atoms. The first kappa shape index (κ1) is 17.3. The molecule has 140 valence electrons. The van der Waals surface area contributed by atoms with Gasteiger partial charge in [-0.25, -0.2) is 0 Å². The zero-order valence-corrected chi connectivity index (χ0v) is 14.8. The molecule has 0 bridgehead atoms. The van der Waals surface area contributed by atoms with E-state index in [0.29, 0.717) is 11.7 Å². The van der Waals surface area contributed by atoms with Gasteiger partial charge in [0.25, 0.3) is 5.91 Å². The summed E-state index contributed by atoms with van der Waals surface area (Å²) in [6.45, 7) is 3.01. The molecule has 1 amide bonds. The maximum Gasteiger partial charge on any atom is 0.273 e. The van der Waals surface area contributed by atoms with Crippen LogP contribution in [0.15, 0.2) is 36.5 Å². The van der Waals surface area contributed by atoms with E-state index < -0.39 is 0 Å². The van der Waals surface area contributed by atoms with Gasteiger partial charge in [-0.3, -0.25) is 9.48 Å². The van der Waals surface area contributed by atoms with Crippen molar-refractivity contribution in [3.63, 3.8) is 0 Å². The Kier molecular flexibility index (Phi) is 5.15. The molecular formula is C17H21N9O. The van der Waals surface area contributed by atoms with Crippen LogP contribution in [0.25, 0.3) is 5.69 Å². The third kappa shape index (κ3) is 4.17. The van der Waals surface area contributed by atoms with Crippen molar-refractivity contribution in [1.82, 2.24) is 45.8 Å². The Morgan fingerprint density at radius 3 is 2.93 bits per heavy atom. The van der Waals surface area contributed by atoms with E-state index in [9.17, 15) is 4.79 Å². The van der Waals surface area contributed by atoms with Crippen LogP contribution in [0.2, 0.25) is 0 Å². The molecule has 3 heterocycles. The van der Waals surface area contributed by atoms with Gasteiger partial charge in [-0.05, 0) is 54.4 Å². The number of piperidine rings is 1. The molecule has 10 heteroatoms. The number of benzene rings is 1. The standard InChI is InChI=1S/C17H21N9O/c27-17(15-12-25(23-20-15)11-13-5-4-8-18-9-13)19-10-16-21-22-24-26(16)14-6-2-1-3-7-14/h1-3,6-7,12-13,18H,4-5,8-11H2,(H,19,27)/t13-/m0/s1. The molecule has 1 aromatic carbocycles. The summed E-state index contributed by atoms with van der Waals surface area (Å²) in [5.41, 5.74) is 1.12. The minimum absolute atomic E-state index is 0.195. The molecule has 1 fully saturated rings. The third-order valence-corrected chi connectivity index (χ3v) is 4.56. The van der Waals surface area contributed by atoms with E-state index in [1.807, 2.05) is 30.3 Å². The summed E-state index contributed by atoms with van der Waals surface area (Å²) in [5.74, 6) is 0.757. The number of amides is 1. The van der Waals surface area contributed by atoms with Crippen LogP contribution in [0, 0.1) is 5.92 Å². The van der Waals surface area contributed by atoms with Crippen LogP contribution in [-0.2, 0) is 13.1 Å². The van der Waals surface area contributed by atoms with E-state index in [2.05, 4.69) is 36.5 Å². The summed E-state index contributed by atoms with van der Waals surface area (Å²) in [4.78, 5) is 12.4. The SMILES string of the molecule is O=C(NCc1nnnn1-c1ccccc1)c1cn(C[C@H]2CCCNC2)nn1. The summed E-state index contributed by atoms with van der Waals surface area (Å²) in [5, 5.41) is 25.9. The van der Waals surface area contributed by atoms with Crippen LogP contribution in [0.1, 0.15) is 29.2 Å². The number of para-hydroxylation sites is 1. The first-order valence-electron chi connectivity index (χ1n) is 9.01. The average Bonchev–Trinajstić information content (AvgIpc) is 3.37. The smallest absolute Gasteiger partial charge is 0.273 e. The Morgan fingerprint density at radius 2 is 2.11 bits per heavy atom. The number of nitrogens with zero attached hydrogens (tertiary/aromatic N) is 7. The minimum Gasteiger partial charge on any atom is -0.343 e. The first-order valence-corrected chi connectivity index (χ1v) is 9.01. The number of rotatable bonds is 6. The highest BCUT2D eigenvalue weighted by molar-refractivity contribution is 5.91. The van der Waals surface area contributed by atoms with Crippen molar-refractivity contribution in [2.45, 2.75) is 25.9 Å². The number of aromatic nitrogens is 7. The fourth-order valence-corrected chi connectivity index (χ4v) is 3.17. The van der Waals surface area contributed by atoms with Crippen molar-refractivity contribution < 1.29 is 4.79 Å². The number of nitrogens with one attached hydrogen (secondary N) is 2. The Hall–Kier alpha value is -3.14. The van der Waals surface area contributed by atoms with E-state index in [0.717, 1.165) is 31.7 Å². The summed E-state index contributed by atoms with van der Waals surface area (Å²) >= 11 is 0. The Bertz CT molecular complexity index is 883. The lowest BCUT2D eigenvalue weighted by Crippen LogP contribution is -2.32. The molecular weight excluding hydrogens is 346 g/mol. The highest BCUT2D eigenvalue weighted by atomic mass is 16.2. The highest BCUT2D eigenvalue weighted by Gasteiger charge is 2.17. The molecule has 10 nitrogen and oxygen atoms in total. The number of tetrazole rings is 1. The highest BCUT2D eigenvalue weighted by Crippen LogP contribution is 2.12. The molecule has 1 aliphatic rings. The van der Waals surface area contributed by atoms with Gasteiger partial charge in [0.2, 0.25) is 0 Å². The van der Waals surface area contributed by atoms with Gasteiger partial charge >= 0.3 is 0 Å². The normalized spacial score (nSPS) is 17.0. The molecule has 0 saturated carbocycles. The van der Waals surface area contributed by atoms with Crippen LogP contribution < -0.4 is 10.6 Å². The van der Waals surface area contributed by atoms with Crippen LogP contribution in [0.4, 0.5) is 0 Å². The van der Waals surface area contributed by atoms with Gasteiger partial charge < -0.3 is 10.6 Å². The maximum atomic E-state index is 12.4. The number of hydrogen-bond donors (Lipinski definition) is 2. The van der Waals surface area contributed by atoms with Gasteiger partial charge in [-0.15, -0.1) is 10.2 Å². The Balaban J connectivity index is 1.36. The fraction of sp³-hybridized carbons (Fsp3) is 0.412. The molecule has 2 aromatic heterocycles. The monoisotopic (exact) mass is 367 g/mol. The van der Waals surface area contributed by atoms with Crippen LogP contribution in [0.3, 0.4) is 0 Å². The molecule has 2 N–H and O–H groups in total. The van der Waals surface area contributed by atoms with E-state index >= 15 is 0 Å². The van der Waals surface area contributed by atoms with Crippen molar-refractivity contribution in [1.29, 1.82) is 0 Å². The van der Waals surface area contributed by atoms with E-state index in [1.54, 1.807) is 15.6 Å². The number of carbonyl (C=O) groups excluding carboxylic acids is 1. The van der Waals surface area contributed by atoms with Gasteiger partial charge in [-0.2, -0.15) is 4.68 Å². The minimum atomic E-state index is -0.300. The van der Waals surface area contributed by atoms with E-state index in [1.165, 1.54) is 6.42 Å². The largest absolute Gasteiger partial charge is 0.343 e. The number of hydrogen-bond acceptors (Lipinski definition) is 7. The Labute approximate surface area is 155 Å².